The van der Waals surface area contributed by atoms with Gasteiger partial charge in [-0.3, -0.25) is 4.79 Å². The van der Waals surface area contributed by atoms with E-state index in [0.29, 0.717) is 0 Å². The van der Waals surface area contributed by atoms with Crippen molar-refractivity contribution in [3.05, 3.63) is 35.4 Å². The predicted molar refractivity (Wildman–Crippen MR) is 64.9 cm³/mol. The second-order valence-electron chi connectivity index (χ2n) is 4.62. The molecule has 3 heteroatoms. The minimum atomic E-state index is -0.804. The highest BCUT2D eigenvalue weighted by molar-refractivity contribution is 5.67. The maximum absolute atomic E-state index is 10.6. The summed E-state index contributed by atoms with van der Waals surface area (Å²) in [7, 11) is 0. The van der Waals surface area contributed by atoms with Crippen LogP contribution in [0.25, 0.3) is 0 Å². The van der Waals surface area contributed by atoms with Crippen molar-refractivity contribution in [1.82, 2.24) is 0 Å². The molecular weight excluding hydrogens is 216 g/mol. The fourth-order valence-corrected chi connectivity index (χ4v) is 2.43. The number of ether oxygens (including phenoxy) is 1. The van der Waals surface area contributed by atoms with Crippen molar-refractivity contribution in [3.8, 4) is 0 Å². The van der Waals surface area contributed by atoms with Gasteiger partial charge in [-0.2, -0.15) is 0 Å². The SMILES string of the molecule is C[C@H](CC(=O)O)OC1CCCc2ccccc21. The lowest BCUT2D eigenvalue weighted by molar-refractivity contribution is -0.141. The van der Waals surface area contributed by atoms with E-state index in [0.717, 1.165) is 19.3 Å². The average Bonchev–Trinajstić information content (AvgIpc) is 2.28. The normalized spacial score (nSPS) is 20.6. The van der Waals surface area contributed by atoms with Crippen LogP contribution in [0, 0.1) is 0 Å². The van der Waals surface area contributed by atoms with Gasteiger partial charge >= 0.3 is 5.97 Å². The highest BCUT2D eigenvalue weighted by Gasteiger charge is 2.22. The molecule has 0 fully saturated rings. The number of carbonyl (C=O) groups is 1. The van der Waals surface area contributed by atoms with Gasteiger partial charge in [0.1, 0.15) is 0 Å². The minimum absolute atomic E-state index is 0.0642. The van der Waals surface area contributed by atoms with Gasteiger partial charge in [-0.25, -0.2) is 0 Å². The van der Waals surface area contributed by atoms with Crippen LogP contribution in [0.3, 0.4) is 0 Å². The molecule has 0 radical (unpaired) electrons. The number of fused-ring (bicyclic) bond motifs is 1. The molecule has 0 heterocycles. The third-order valence-electron chi connectivity index (χ3n) is 3.17. The molecule has 1 aromatic carbocycles. The van der Waals surface area contributed by atoms with Gasteiger partial charge in [-0.15, -0.1) is 0 Å². The fourth-order valence-electron chi connectivity index (χ4n) is 2.43. The van der Waals surface area contributed by atoms with Gasteiger partial charge in [0.15, 0.2) is 0 Å². The van der Waals surface area contributed by atoms with Crippen LogP contribution in [0.5, 0.6) is 0 Å². The highest BCUT2D eigenvalue weighted by atomic mass is 16.5. The van der Waals surface area contributed by atoms with E-state index in [9.17, 15) is 4.79 Å². The Labute approximate surface area is 101 Å². The van der Waals surface area contributed by atoms with E-state index in [1.165, 1.54) is 11.1 Å². The number of carboxylic acids is 1. The minimum Gasteiger partial charge on any atom is -0.481 e. The van der Waals surface area contributed by atoms with E-state index in [1.54, 1.807) is 0 Å². The van der Waals surface area contributed by atoms with E-state index < -0.39 is 5.97 Å². The van der Waals surface area contributed by atoms with E-state index >= 15 is 0 Å². The maximum Gasteiger partial charge on any atom is 0.305 e. The molecule has 2 rings (SSSR count). The van der Waals surface area contributed by atoms with Gasteiger partial charge in [0.05, 0.1) is 18.6 Å². The van der Waals surface area contributed by atoms with Gasteiger partial charge < -0.3 is 9.84 Å². The van der Waals surface area contributed by atoms with Crippen LogP contribution in [0.2, 0.25) is 0 Å². The van der Waals surface area contributed by atoms with Gasteiger partial charge in [0, 0.05) is 0 Å². The van der Waals surface area contributed by atoms with E-state index in [4.69, 9.17) is 9.84 Å². The summed E-state index contributed by atoms with van der Waals surface area (Å²) in [6.45, 7) is 1.82. The van der Waals surface area contributed by atoms with Crippen molar-refractivity contribution in [2.24, 2.45) is 0 Å². The lowest BCUT2D eigenvalue weighted by Crippen LogP contribution is -2.20. The Morgan fingerprint density at radius 3 is 3.06 bits per heavy atom. The molecule has 1 N–H and O–H groups in total. The van der Waals surface area contributed by atoms with Crippen molar-refractivity contribution in [1.29, 1.82) is 0 Å². The Bertz CT molecular complexity index is 400. The number of rotatable bonds is 4. The molecule has 0 spiro atoms. The standard InChI is InChI=1S/C14H18O3/c1-10(9-14(15)16)17-13-8-4-6-11-5-2-3-7-12(11)13/h2-3,5,7,10,13H,4,6,8-9H2,1H3,(H,15,16)/t10-,13?/m1/s1. The largest absolute Gasteiger partial charge is 0.481 e. The first-order chi connectivity index (χ1) is 8.16. The molecule has 17 heavy (non-hydrogen) atoms. The molecule has 1 aliphatic rings. The first-order valence-corrected chi connectivity index (χ1v) is 6.12. The molecule has 0 saturated carbocycles. The van der Waals surface area contributed by atoms with Crippen LogP contribution in [0.1, 0.15) is 43.4 Å². The monoisotopic (exact) mass is 234 g/mol. The molecule has 1 aliphatic carbocycles. The van der Waals surface area contributed by atoms with Crippen LogP contribution >= 0.6 is 0 Å². The Balaban J connectivity index is 2.05. The Morgan fingerprint density at radius 2 is 2.29 bits per heavy atom. The first kappa shape index (κ1) is 12.1. The van der Waals surface area contributed by atoms with Crippen LogP contribution in [0.4, 0.5) is 0 Å². The molecule has 0 aromatic heterocycles. The van der Waals surface area contributed by atoms with Crippen molar-refractivity contribution in [2.75, 3.05) is 0 Å². The maximum atomic E-state index is 10.6. The lowest BCUT2D eigenvalue weighted by atomic mass is 9.89. The summed E-state index contributed by atoms with van der Waals surface area (Å²) in [6.07, 6.45) is 3.10. The first-order valence-electron chi connectivity index (χ1n) is 6.12. The summed E-state index contributed by atoms with van der Waals surface area (Å²) in [4.78, 5) is 10.6. The van der Waals surface area contributed by atoms with Crippen LogP contribution in [-0.4, -0.2) is 17.2 Å². The molecule has 0 aliphatic heterocycles. The molecule has 1 aromatic rings. The van der Waals surface area contributed by atoms with Crippen molar-refractivity contribution < 1.29 is 14.6 Å². The van der Waals surface area contributed by atoms with Crippen LogP contribution in [-0.2, 0) is 16.0 Å². The second-order valence-corrected chi connectivity index (χ2v) is 4.62. The van der Waals surface area contributed by atoms with E-state index in [2.05, 4.69) is 12.1 Å². The van der Waals surface area contributed by atoms with Gasteiger partial charge in [0.2, 0.25) is 0 Å². The fraction of sp³-hybridized carbons (Fsp3) is 0.500. The summed E-state index contributed by atoms with van der Waals surface area (Å²) >= 11 is 0. The molecule has 2 atom stereocenters. The zero-order chi connectivity index (χ0) is 12.3. The zero-order valence-electron chi connectivity index (χ0n) is 10.1. The third kappa shape index (κ3) is 3.07. The van der Waals surface area contributed by atoms with E-state index in [-0.39, 0.29) is 18.6 Å². The van der Waals surface area contributed by atoms with Crippen molar-refractivity contribution >= 4 is 5.97 Å². The second kappa shape index (κ2) is 5.32. The molecular formula is C14H18O3. The summed E-state index contributed by atoms with van der Waals surface area (Å²) < 4.78 is 5.85. The number of carboxylic acid groups (broad SMARTS) is 1. The van der Waals surface area contributed by atoms with Gasteiger partial charge in [0.25, 0.3) is 0 Å². The summed E-state index contributed by atoms with van der Waals surface area (Å²) in [5.41, 5.74) is 2.57. The van der Waals surface area contributed by atoms with E-state index in [1.807, 2.05) is 19.1 Å². The Kier molecular flexibility index (Phi) is 3.79. The number of hydrogen-bond donors (Lipinski definition) is 1. The average molecular weight is 234 g/mol. The van der Waals surface area contributed by atoms with Crippen molar-refractivity contribution in [3.63, 3.8) is 0 Å². The Hall–Kier alpha value is -1.35. The third-order valence-corrected chi connectivity index (χ3v) is 3.17. The van der Waals surface area contributed by atoms with Crippen LogP contribution < -0.4 is 0 Å². The smallest absolute Gasteiger partial charge is 0.305 e. The molecule has 92 valence electrons. The van der Waals surface area contributed by atoms with Gasteiger partial charge in [-0.1, -0.05) is 24.3 Å². The summed E-state index contributed by atoms with van der Waals surface area (Å²) in [5.74, 6) is -0.804. The van der Waals surface area contributed by atoms with Crippen molar-refractivity contribution in [2.45, 2.75) is 44.8 Å². The van der Waals surface area contributed by atoms with Crippen LogP contribution in [0.15, 0.2) is 24.3 Å². The number of benzene rings is 1. The zero-order valence-corrected chi connectivity index (χ0v) is 10.1. The quantitative estimate of drug-likeness (QED) is 0.871. The van der Waals surface area contributed by atoms with Gasteiger partial charge in [-0.05, 0) is 37.3 Å². The molecule has 3 nitrogen and oxygen atoms in total. The Morgan fingerprint density at radius 1 is 1.53 bits per heavy atom. The molecule has 0 bridgehead atoms. The highest BCUT2D eigenvalue weighted by Crippen LogP contribution is 2.33. The topological polar surface area (TPSA) is 46.5 Å². The predicted octanol–water partition coefficient (Wildman–Crippen LogP) is 2.94. The number of aliphatic carboxylic acids is 1. The molecule has 0 amide bonds. The molecule has 1 unspecified atom stereocenters. The number of hydrogen-bond acceptors (Lipinski definition) is 2. The summed E-state index contributed by atoms with van der Waals surface area (Å²) in [6, 6.07) is 8.28. The lowest BCUT2D eigenvalue weighted by Gasteiger charge is -2.28. The number of aryl methyl sites for hydroxylation is 1. The summed E-state index contributed by atoms with van der Waals surface area (Å²) in [5, 5.41) is 8.73. The molecule has 0 saturated heterocycles.